The Hall–Kier alpha value is -1.43. The van der Waals surface area contributed by atoms with Crippen LogP contribution in [-0.2, 0) is 6.54 Å². The van der Waals surface area contributed by atoms with Gasteiger partial charge in [-0.1, -0.05) is 4.49 Å². The summed E-state index contributed by atoms with van der Waals surface area (Å²) in [7, 11) is 0. The SMILES string of the molecule is c1nnsc1NCc1cncn1C1CC1. The molecule has 0 spiro atoms. The molecule has 1 N–H and O–H groups in total. The van der Waals surface area contributed by atoms with Gasteiger partial charge in [0.1, 0.15) is 5.00 Å². The first-order valence-corrected chi connectivity index (χ1v) is 5.73. The third-order valence-electron chi connectivity index (χ3n) is 2.49. The first kappa shape index (κ1) is 8.84. The van der Waals surface area contributed by atoms with E-state index in [1.807, 2.05) is 12.5 Å². The minimum Gasteiger partial charge on any atom is -0.369 e. The molecule has 0 aliphatic heterocycles. The number of nitrogens with one attached hydrogen (secondary N) is 1. The number of rotatable bonds is 4. The van der Waals surface area contributed by atoms with Crippen LogP contribution in [0.1, 0.15) is 24.6 Å². The van der Waals surface area contributed by atoms with Crippen LogP contribution < -0.4 is 5.32 Å². The molecule has 0 atom stereocenters. The van der Waals surface area contributed by atoms with Crippen molar-refractivity contribution >= 4 is 16.5 Å². The van der Waals surface area contributed by atoms with Crippen molar-refractivity contribution in [1.82, 2.24) is 19.1 Å². The van der Waals surface area contributed by atoms with Crippen LogP contribution in [0.4, 0.5) is 5.00 Å². The summed E-state index contributed by atoms with van der Waals surface area (Å²) in [5.41, 5.74) is 1.23. The Kier molecular flexibility index (Phi) is 2.13. The molecule has 1 saturated carbocycles. The van der Waals surface area contributed by atoms with Crippen molar-refractivity contribution in [2.24, 2.45) is 0 Å². The molecule has 6 heteroatoms. The molecule has 0 amide bonds. The van der Waals surface area contributed by atoms with Crippen LogP contribution in [-0.4, -0.2) is 19.1 Å². The molecule has 0 saturated heterocycles. The van der Waals surface area contributed by atoms with Crippen molar-refractivity contribution in [3.63, 3.8) is 0 Å². The van der Waals surface area contributed by atoms with E-state index >= 15 is 0 Å². The second kappa shape index (κ2) is 3.62. The van der Waals surface area contributed by atoms with E-state index in [2.05, 4.69) is 24.5 Å². The van der Waals surface area contributed by atoms with Crippen LogP contribution in [0.15, 0.2) is 18.7 Å². The molecule has 3 rings (SSSR count). The number of hydrogen-bond acceptors (Lipinski definition) is 5. The Morgan fingerprint density at radius 1 is 1.47 bits per heavy atom. The van der Waals surface area contributed by atoms with Crippen molar-refractivity contribution in [2.45, 2.75) is 25.4 Å². The summed E-state index contributed by atoms with van der Waals surface area (Å²) in [5.74, 6) is 0. The van der Waals surface area contributed by atoms with E-state index in [4.69, 9.17) is 0 Å². The zero-order chi connectivity index (χ0) is 10.1. The second-order valence-electron chi connectivity index (χ2n) is 3.66. The lowest BCUT2D eigenvalue weighted by atomic mass is 10.4. The van der Waals surface area contributed by atoms with Gasteiger partial charge in [-0.05, 0) is 12.8 Å². The van der Waals surface area contributed by atoms with Crippen LogP contribution >= 0.6 is 11.5 Å². The van der Waals surface area contributed by atoms with Crippen LogP contribution in [0.3, 0.4) is 0 Å². The summed E-state index contributed by atoms with van der Waals surface area (Å²) in [6.07, 6.45) is 8.14. The van der Waals surface area contributed by atoms with Gasteiger partial charge in [-0.3, -0.25) is 0 Å². The molecule has 0 unspecified atom stereocenters. The highest BCUT2D eigenvalue weighted by atomic mass is 32.1. The molecule has 78 valence electrons. The Morgan fingerprint density at radius 2 is 2.40 bits per heavy atom. The number of anilines is 1. The molecule has 0 bridgehead atoms. The Morgan fingerprint density at radius 3 is 3.13 bits per heavy atom. The minimum atomic E-state index is 0.684. The largest absolute Gasteiger partial charge is 0.369 e. The fourth-order valence-corrected chi connectivity index (χ4v) is 1.99. The van der Waals surface area contributed by atoms with Crippen molar-refractivity contribution in [2.75, 3.05) is 5.32 Å². The molecule has 5 nitrogen and oxygen atoms in total. The molecule has 2 aromatic rings. The highest BCUT2D eigenvalue weighted by molar-refractivity contribution is 7.09. The predicted octanol–water partition coefficient (Wildman–Crippen LogP) is 1.68. The molecule has 1 aliphatic rings. The van der Waals surface area contributed by atoms with E-state index in [0.29, 0.717) is 6.04 Å². The van der Waals surface area contributed by atoms with Crippen molar-refractivity contribution in [1.29, 1.82) is 0 Å². The smallest absolute Gasteiger partial charge is 0.130 e. The monoisotopic (exact) mass is 221 g/mol. The van der Waals surface area contributed by atoms with Gasteiger partial charge in [-0.2, -0.15) is 0 Å². The van der Waals surface area contributed by atoms with E-state index in [1.165, 1.54) is 30.1 Å². The third kappa shape index (κ3) is 1.85. The van der Waals surface area contributed by atoms with Gasteiger partial charge in [0.05, 0.1) is 24.8 Å². The summed E-state index contributed by atoms with van der Waals surface area (Å²) < 4.78 is 6.05. The zero-order valence-electron chi connectivity index (χ0n) is 8.13. The number of imidazole rings is 1. The molecule has 1 fully saturated rings. The summed E-state index contributed by atoms with van der Waals surface area (Å²) >= 11 is 1.37. The van der Waals surface area contributed by atoms with Crippen molar-refractivity contribution in [3.8, 4) is 0 Å². The lowest BCUT2D eigenvalue weighted by Gasteiger charge is -2.06. The average molecular weight is 221 g/mol. The number of hydrogen-bond donors (Lipinski definition) is 1. The van der Waals surface area contributed by atoms with E-state index in [0.717, 1.165) is 11.5 Å². The Balaban J connectivity index is 1.68. The van der Waals surface area contributed by atoms with Gasteiger partial charge in [-0.25, -0.2) is 4.98 Å². The van der Waals surface area contributed by atoms with Gasteiger partial charge >= 0.3 is 0 Å². The zero-order valence-corrected chi connectivity index (χ0v) is 8.94. The first-order valence-electron chi connectivity index (χ1n) is 4.95. The van der Waals surface area contributed by atoms with Crippen LogP contribution in [0.2, 0.25) is 0 Å². The standard InChI is InChI=1S/C9H11N5S/c1-2-7(1)14-6-10-3-8(14)4-11-9-5-12-13-15-9/h3,5-7,11H,1-2,4H2. The molecule has 2 aromatic heterocycles. The minimum absolute atomic E-state index is 0.684. The van der Waals surface area contributed by atoms with Crippen LogP contribution in [0.5, 0.6) is 0 Å². The van der Waals surface area contributed by atoms with Crippen molar-refractivity contribution in [3.05, 3.63) is 24.4 Å². The predicted molar refractivity (Wildman–Crippen MR) is 57.7 cm³/mol. The highest BCUT2D eigenvalue weighted by Crippen LogP contribution is 2.35. The number of nitrogens with zero attached hydrogens (tertiary/aromatic N) is 4. The summed E-state index contributed by atoms with van der Waals surface area (Å²) in [6.45, 7) is 0.792. The van der Waals surface area contributed by atoms with Gasteiger partial charge in [0.15, 0.2) is 0 Å². The Labute approximate surface area is 91.3 Å². The normalized spacial score (nSPS) is 15.5. The maximum absolute atomic E-state index is 4.18. The van der Waals surface area contributed by atoms with Crippen LogP contribution in [0, 0.1) is 0 Å². The van der Waals surface area contributed by atoms with Crippen molar-refractivity contribution < 1.29 is 0 Å². The van der Waals surface area contributed by atoms with Gasteiger partial charge in [-0.15, -0.1) is 5.10 Å². The molecule has 15 heavy (non-hydrogen) atoms. The van der Waals surface area contributed by atoms with Gasteiger partial charge < -0.3 is 9.88 Å². The average Bonchev–Trinajstić information content (AvgIpc) is 2.81. The molecule has 0 radical (unpaired) electrons. The maximum Gasteiger partial charge on any atom is 0.130 e. The molecule has 2 heterocycles. The quantitative estimate of drug-likeness (QED) is 0.853. The third-order valence-corrected chi connectivity index (χ3v) is 3.11. The van der Waals surface area contributed by atoms with Crippen LogP contribution in [0.25, 0.3) is 0 Å². The lowest BCUT2D eigenvalue weighted by molar-refractivity contribution is 0.701. The fourth-order valence-electron chi connectivity index (χ4n) is 1.57. The second-order valence-corrected chi connectivity index (χ2v) is 4.44. The summed E-state index contributed by atoms with van der Waals surface area (Å²) in [4.78, 5) is 4.18. The van der Waals surface area contributed by atoms with Gasteiger partial charge in [0.25, 0.3) is 0 Å². The molecule has 1 aliphatic carbocycles. The maximum atomic E-state index is 4.18. The van der Waals surface area contributed by atoms with E-state index < -0.39 is 0 Å². The first-order chi connectivity index (χ1) is 7.43. The molecular formula is C9H11N5S. The van der Waals surface area contributed by atoms with E-state index in [1.54, 1.807) is 6.20 Å². The summed E-state index contributed by atoms with van der Waals surface area (Å²) in [6, 6.07) is 0.684. The van der Waals surface area contributed by atoms with E-state index in [9.17, 15) is 0 Å². The fraction of sp³-hybridized carbons (Fsp3) is 0.444. The number of aromatic nitrogens is 4. The van der Waals surface area contributed by atoms with E-state index in [-0.39, 0.29) is 0 Å². The highest BCUT2D eigenvalue weighted by Gasteiger charge is 2.24. The molecular weight excluding hydrogens is 210 g/mol. The lowest BCUT2D eigenvalue weighted by Crippen LogP contribution is -2.04. The van der Waals surface area contributed by atoms with Gasteiger partial charge in [0.2, 0.25) is 0 Å². The summed E-state index contributed by atoms with van der Waals surface area (Å²) in [5, 5.41) is 8.06. The molecule has 0 aromatic carbocycles. The van der Waals surface area contributed by atoms with Gasteiger partial charge in [0, 0.05) is 23.8 Å². The topological polar surface area (TPSA) is 55.6 Å². The Bertz CT molecular complexity index is 431.